The molecule has 0 fully saturated rings. The quantitative estimate of drug-likeness (QED) is 0.178. The molecule has 5 aromatic rings. The number of fused-ring (bicyclic) bond motifs is 1. The Morgan fingerprint density at radius 1 is 0.881 bits per heavy atom. The van der Waals surface area contributed by atoms with Gasteiger partial charge in [-0.1, -0.05) is 48.5 Å². The fourth-order valence-electron chi connectivity index (χ4n) is 4.42. The van der Waals surface area contributed by atoms with Crippen molar-refractivity contribution in [1.29, 1.82) is 0 Å². The molecule has 42 heavy (non-hydrogen) atoms. The minimum Gasteiger partial charge on any atom is -0.410 e. The fraction of sp³-hybridized carbons (Fsp3) is 0.156. The van der Waals surface area contributed by atoms with E-state index in [-0.39, 0.29) is 30.9 Å². The van der Waals surface area contributed by atoms with Gasteiger partial charge in [0.1, 0.15) is 23.4 Å². The van der Waals surface area contributed by atoms with Crippen molar-refractivity contribution in [2.45, 2.75) is 19.1 Å². The van der Waals surface area contributed by atoms with Crippen LogP contribution in [0.4, 0.5) is 19.3 Å². The molecule has 0 spiro atoms. The molecular formula is C32H27F2N3O4S. The minimum absolute atomic E-state index is 0.144. The minimum atomic E-state index is -1.22. The van der Waals surface area contributed by atoms with E-state index in [4.69, 9.17) is 9.47 Å². The Labute approximate surface area is 245 Å². The second kappa shape index (κ2) is 13.8. The number of carbonyl (C=O) groups is 2. The van der Waals surface area contributed by atoms with Crippen LogP contribution in [0.15, 0.2) is 103 Å². The van der Waals surface area contributed by atoms with Crippen molar-refractivity contribution >= 4 is 39.2 Å². The second-order valence-corrected chi connectivity index (χ2v) is 10.3. The zero-order valence-electron chi connectivity index (χ0n) is 22.4. The average molecular weight is 588 g/mol. The van der Waals surface area contributed by atoms with E-state index in [1.807, 2.05) is 36.4 Å². The van der Waals surface area contributed by atoms with Crippen LogP contribution in [0.2, 0.25) is 0 Å². The van der Waals surface area contributed by atoms with E-state index < -0.39 is 29.7 Å². The maximum absolute atomic E-state index is 14.1. The van der Waals surface area contributed by atoms with Crippen LogP contribution in [-0.4, -0.2) is 36.2 Å². The maximum atomic E-state index is 14.1. The van der Waals surface area contributed by atoms with Gasteiger partial charge in [-0.25, -0.2) is 18.6 Å². The normalized spacial score (nSPS) is 11.7. The van der Waals surface area contributed by atoms with Crippen LogP contribution in [0.3, 0.4) is 0 Å². The standard InChI is InChI=1S/C32H27F2N3O4S/c33-24-15-23(16-25(34)18-24)17-29(36-32(39)41-27-9-5-2-6-10-27)31(38)37(13-14-40-20-22-7-3-1-4-8-22)26-11-12-30-28(19-26)35-21-42-30/h1-12,15-16,18-19,21,29H,13-14,17,20H2,(H,36,39)/t29-/m0/s1. The summed E-state index contributed by atoms with van der Waals surface area (Å²) < 4.78 is 40.3. The summed E-state index contributed by atoms with van der Waals surface area (Å²) in [6.07, 6.45) is -1.07. The Morgan fingerprint density at radius 3 is 2.33 bits per heavy atom. The van der Waals surface area contributed by atoms with Crippen molar-refractivity contribution in [1.82, 2.24) is 10.3 Å². The highest BCUT2D eigenvalue weighted by Crippen LogP contribution is 2.25. The largest absolute Gasteiger partial charge is 0.413 e. The maximum Gasteiger partial charge on any atom is 0.413 e. The Morgan fingerprint density at radius 2 is 1.60 bits per heavy atom. The summed E-state index contributed by atoms with van der Waals surface area (Å²) in [4.78, 5) is 32.9. The number of hydrogen-bond donors (Lipinski definition) is 1. The zero-order chi connectivity index (χ0) is 29.3. The predicted octanol–water partition coefficient (Wildman–Crippen LogP) is 6.52. The highest BCUT2D eigenvalue weighted by atomic mass is 32.1. The average Bonchev–Trinajstić information content (AvgIpc) is 3.45. The number of hydrogen-bond acceptors (Lipinski definition) is 6. The van der Waals surface area contributed by atoms with E-state index in [1.54, 1.807) is 48.0 Å². The van der Waals surface area contributed by atoms with Crippen molar-refractivity contribution in [2.24, 2.45) is 0 Å². The summed E-state index contributed by atoms with van der Waals surface area (Å²) in [5.74, 6) is -1.81. The van der Waals surface area contributed by atoms with Gasteiger partial charge >= 0.3 is 6.09 Å². The number of carbonyl (C=O) groups excluding carboxylic acids is 2. The number of nitrogens with one attached hydrogen (secondary N) is 1. The van der Waals surface area contributed by atoms with Crippen molar-refractivity contribution in [3.63, 3.8) is 0 Å². The lowest BCUT2D eigenvalue weighted by Crippen LogP contribution is -2.51. The molecule has 1 atom stereocenters. The molecule has 0 aliphatic carbocycles. The van der Waals surface area contributed by atoms with E-state index in [0.29, 0.717) is 17.8 Å². The SMILES string of the molecule is O=C(N[C@@H](Cc1cc(F)cc(F)c1)C(=O)N(CCOCc1ccccc1)c1ccc2scnc2c1)Oc1ccccc1. The fourth-order valence-corrected chi connectivity index (χ4v) is 5.08. The van der Waals surface area contributed by atoms with Crippen LogP contribution in [0.5, 0.6) is 5.75 Å². The molecule has 0 aliphatic rings. The van der Waals surface area contributed by atoms with Crippen LogP contribution in [0.25, 0.3) is 10.2 Å². The molecule has 2 amide bonds. The summed E-state index contributed by atoms with van der Waals surface area (Å²) in [6.45, 7) is 0.678. The zero-order valence-corrected chi connectivity index (χ0v) is 23.2. The molecule has 0 unspecified atom stereocenters. The molecule has 5 rings (SSSR count). The number of aromatic nitrogens is 1. The molecule has 0 bridgehead atoms. The van der Waals surface area contributed by atoms with E-state index >= 15 is 0 Å². The molecule has 0 saturated heterocycles. The smallest absolute Gasteiger partial charge is 0.410 e. The molecule has 1 aromatic heterocycles. The molecule has 1 N–H and O–H groups in total. The number of para-hydroxylation sites is 1. The summed E-state index contributed by atoms with van der Waals surface area (Å²) in [6, 6.07) is 25.2. The third kappa shape index (κ3) is 7.74. The van der Waals surface area contributed by atoms with Gasteiger partial charge in [-0.05, 0) is 53.6 Å². The lowest BCUT2D eigenvalue weighted by Gasteiger charge is -2.28. The first-order valence-electron chi connectivity index (χ1n) is 13.2. The summed E-state index contributed by atoms with van der Waals surface area (Å²) in [5, 5.41) is 2.60. The van der Waals surface area contributed by atoms with Crippen molar-refractivity contribution < 1.29 is 27.8 Å². The molecule has 10 heteroatoms. The van der Waals surface area contributed by atoms with Gasteiger partial charge in [0, 0.05) is 24.7 Å². The van der Waals surface area contributed by atoms with Gasteiger partial charge in [0.15, 0.2) is 0 Å². The Kier molecular flexibility index (Phi) is 9.48. The van der Waals surface area contributed by atoms with Crippen LogP contribution in [-0.2, 0) is 22.6 Å². The summed E-state index contributed by atoms with van der Waals surface area (Å²) in [7, 11) is 0. The van der Waals surface area contributed by atoms with Gasteiger partial charge in [0.25, 0.3) is 0 Å². The van der Waals surface area contributed by atoms with Crippen molar-refractivity contribution in [2.75, 3.05) is 18.1 Å². The Hall–Kier alpha value is -4.67. The Bertz CT molecular complexity index is 1630. The summed E-state index contributed by atoms with van der Waals surface area (Å²) >= 11 is 1.47. The van der Waals surface area contributed by atoms with E-state index in [1.165, 1.54) is 16.2 Å². The first-order chi connectivity index (χ1) is 20.4. The van der Waals surface area contributed by atoms with Crippen LogP contribution in [0, 0.1) is 11.6 Å². The molecule has 1 heterocycles. The molecule has 0 radical (unpaired) electrons. The first-order valence-corrected chi connectivity index (χ1v) is 14.1. The van der Waals surface area contributed by atoms with Gasteiger partial charge in [-0.3, -0.25) is 4.79 Å². The van der Waals surface area contributed by atoms with Gasteiger partial charge in [0.05, 0.1) is 28.9 Å². The number of amides is 2. The van der Waals surface area contributed by atoms with Gasteiger partial charge in [0.2, 0.25) is 5.91 Å². The van der Waals surface area contributed by atoms with Gasteiger partial charge < -0.3 is 19.7 Å². The lowest BCUT2D eigenvalue weighted by atomic mass is 10.0. The van der Waals surface area contributed by atoms with Gasteiger partial charge in [-0.15, -0.1) is 11.3 Å². The van der Waals surface area contributed by atoms with E-state index in [9.17, 15) is 18.4 Å². The number of thiazole rings is 1. The monoisotopic (exact) mass is 587 g/mol. The first kappa shape index (κ1) is 28.8. The van der Waals surface area contributed by atoms with Crippen molar-refractivity contribution in [3.05, 3.63) is 125 Å². The van der Waals surface area contributed by atoms with E-state index in [2.05, 4.69) is 10.3 Å². The lowest BCUT2D eigenvalue weighted by molar-refractivity contribution is -0.120. The number of halogens is 2. The molecule has 214 valence electrons. The number of rotatable bonds is 11. The highest BCUT2D eigenvalue weighted by Gasteiger charge is 2.29. The number of anilines is 1. The van der Waals surface area contributed by atoms with Crippen LogP contribution < -0.4 is 15.0 Å². The number of nitrogens with zero attached hydrogens (tertiary/aromatic N) is 2. The molecule has 0 saturated carbocycles. The third-order valence-corrected chi connectivity index (χ3v) is 7.18. The second-order valence-electron chi connectivity index (χ2n) is 9.41. The van der Waals surface area contributed by atoms with Gasteiger partial charge in [-0.2, -0.15) is 0 Å². The van der Waals surface area contributed by atoms with Crippen LogP contribution >= 0.6 is 11.3 Å². The van der Waals surface area contributed by atoms with Crippen molar-refractivity contribution in [3.8, 4) is 5.75 Å². The highest BCUT2D eigenvalue weighted by molar-refractivity contribution is 7.16. The topological polar surface area (TPSA) is 80.8 Å². The Balaban J connectivity index is 1.41. The third-order valence-electron chi connectivity index (χ3n) is 6.37. The molecule has 4 aromatic carbocycles. The van der Waals surface area contributed by atoms with Crippen LogP contribution in [0.1, 0.15) is 11.1 Å². The molecule has 0 aliphatic heterocycles. The number of benzene rings is 4. The number of ether oxygens (including phenoxy) is 2. The summed E-state index contributed by atoms with van der Waals surface area (Å²) in [5.41, 5.74) is 4.14. The molecule has 7 nitrogen and oxygen atoms in total. The molecular weight excluding hydrogens is 560 g/mol. The predicted molar refractivity (Wildman–Crippen MR) is 158 cm³/mol. The van der Waals surface area contributed by atoms with E-state index in [0.717, 1.165) is 28.5 Å².